The summed E-state index contributed by atoms with van der Waals surface area (Å²) in [7, 11) is -9.36. The Bertz CT molecular complexity index is 5010. The summed E-state index contributed by atoms with van der Waals surface area (Å²) in [5.41, 5.74) is -8.39. The van der Waals surface area contributed by atoms with Crippen molar-refractivity contribution in [1.29, 1.82) is 0 Å². The lowest BCUT2D eigenvalue weighted by Gasteiger charge is -2.54. The molecule has 0 aromatic rings. The van der Waals surface area contributed by atoms with E-state index in [1.54, 1.807) is 0 Å². The van der Waals surface area contributed by atoms with Crippen LogP contribution in [-0.4, -0.2) is 494 Å². The zero-order valence-corrected chi connectivity index (χ0v) is 66.7. The lowest BCUT2D eigenvalue weighted by molar-refractivity contribution is -0.132. The average Bonchev–Trinajstić information content (AvgIpc) is 1.48. The van der Waals surface area contributed by atoms with Gasteiger partial charge >= 0.3 is 96.5 Å². The summed E-state index contributed by atoms with van der Waals surface area (Å²) in [6, 6.07) is -13.8. The number of rotatable bonds is 17. The van der Waals surface area contributed by atoms with Crippen LogP contribution in [0.25, 0.3) is 0 Å². The fourth-order valence-electron chi connectivity index (χ4n) is 26.4. The predicted molar refractivity (Wildman–Crippen MR) is 384 cm³/mol. The minimum absolute atomic E-state index is 0.140. The van der Waals surface area contributed by atoms with Crippen molar-refractivity contribution in [3.8, 4) is 0 Å². The Balaban J connectivity index is 0.686. The fraction of sp³-hybridized carbons (Fsp3) is 0.754. The smallest absolute Gasteiger partial charge is 0.286 e. The van der Waals surface area contributed by atoms with Crippen LogP contribution in [0.2, 0.25) is 0 Å². The molecule has 0 aromatic carbocycles. The molecule has 24 saturated heterocycles. The van der Waals surface area contributed by atoms with Crippen molar-refractivity contribution in [1.82, 2.24) is 157 Å². The number of hydrogen-bond donors (Lipinski definition) is 2. The van der Waals surface area contributed by atoms with Gasteiger partial charge in [-0.2, -0.15) is 16.8 Å². The molecule has 0 bridgehead atoms. The van der Waals surface area contributed by atoms with Crippen LogP contribution in [0.5, 0.6) is 0 Å². The standard InChI is InChI=1S/C65H82N32O22S2/c1-3-5-7-13-63-65(15-9-11-17-121(117,118)119)96-32-88-43-39-76(52(88)104)22-72-37-35-68(48(72)100)18-66-34-36-70(46(66)98)20-74-38-42-82(50(74)102)26-90-58(110)94-30-86-45-41-80(56(86)108)24-78-40-44(84(54(78)106)28-92(63)60(96)112)85-29-93(63)61(113)97(65)33-89(43)53(105)77(39)23-73(37)49(101)69(35)19-67(34)47(99)71(36)21-75(38)51(103)83(42)27-91-59(111)95(31-87(45)57(109)81(41)25-79(40)55(85)107)64(94,62(90,91)12-6-4-2)14-8-10-16-120(114,115)116/h34-45H,3-33H2,1-2H3,(H,114,115,116)(H,117,118,119). The maximum Gasteiger partial charge on any atom is 0.326 e. The highest BCUT2D eigenvalue weighted by atomic mass is 32.2. The number of amides is 32. The average molecular weight is 1730 g/mol. The van der Waals surface area contributed by atoms with Gasteiger partial charge in [-0.3, -0.25) is 166 Å². The van der Waals surface area contributed by atoms with E-state index in [2.05, 4.69) is 0 Å². The molecule has 0 atom stereocenters. The summed E-state index contributed by atoms with van der Waals surface area (Å²) in [6.45, 7) is -7.72. The molecule has 24 fully saturated rings. The molecule has 0 saturated carbocycles. The van der Waals surface area contributed by atoms with Crippen molar-refractivity contribution in [2.24, 2.45) is 0 Å². The van der Waals surface area contributed by atoms with E-state index in [0.29, 0.717) is 19.3 Å². The molecule has 24 rings (SSSR count). The van der Waals surface area contributed by atoms with E-state index in [-0.39, 0.29) is 64.2 Å². The highest BCUT2D eigenvalue weighted by Crippen LogP contribution is 2.64. The Morgan fingerprint density at radius 1 is 0.207 bits per heavy atom. The minimum Gasteiger partial charge on any atom is -0.286 e. The fourth-order valence-corrected chi connectivity index (χ4v) is 27.5. The van der Waals surface area contributed by atoms with Crippen molar-refractivity contribution >= 4 is 117 Å². The van der Waals surface area contributed by atoms with Gasteiger partial charge in [0.1, 0.15) is 107 Å². The molecule has 121 heavy (non-hydrogen) atoms. The molecule has 0 unspecified atom stereocenters. The monoisotopic (exact) mass is 1730 g/mol. The number of urea groups is 16. The van der Waals surface area contributed by atoms with Crippen molar-refractivity contribution in [3.63, 3.8) is 0 Å². The molecule has 0 aliphatic carbocycles. The number of nitrogens with zero attached hydrogens (tertiary/aromatic N) is 32. The molecule has 2 N–H and O–H groups in total. The lowest BCUT2D eigenvalue weighted by atomic mass is 9.82. The van der Waals surface area contributed by atoms with E-state index in [1.807, 2.05) is 13.8 Å². The van der Waals surface area contributed by atoms with Crippen LogP contribution >= 0.6 is 0 Å². The number of carbonyl (C=O) groups excluding carboxylic acids is 16. The van der Waals surface area contributed by atoms with Crippen molar-refractivity contribution in [3.05, 3.63) is 0 Å². The van der Waals surface area contributed by atoms with Crippen molar-refractivity contribution < 1.29 is 103 Å². The topological polar surface area (TPSA) is 486 Å². The van der Waals surface area contributed by atoms with Crippen LogP contribution < -0.4 is 0 Å². The summed E-state index contributed by atoms with van der Waals surface area (Å²) in [4.78, 5) is 303. The molecule has 24 aliphatic heterocycles. The van der Waals surface area contributed by atoms with Crippen LogP contribution in [0.3, 0.4) is 0 Å². The SMILES string of the molecule is CCCCCC12N3CN4C(=O)N5CN6C(=O)N7CN8C(=O)N9CN%10C(=O)N%11CN%12C(=O)N%13CN%14C(=O)N%15CN%16C(=O)N%17CN(C3=O)C1(CCCCS(=O)(=O)O)N1CN3C(=O)N(CN%18C(=O)N(CN%19C(=O)N(CN%20C(=O)N(CN%21C(=O)N(CN%22C(=O)N(CN%23C(=O)N(CN2C1=O)C4C5%23)C6C7%22)C8(CCCCS(=O)(=O)O)C9%21CCCC)C%10C%11%20)C%12C%13%19)C%14C%15%18)C%16C%173. The number of unbranched alkanes of at least 4 members (excludes halogenated alkanes) is 5. The molecule has 646 valence electrons. The third-order valence-electron chi connectivity index (χ3n) is 31.0. The Hall–Kier alpha value is -11.9. The number of carbonyl (C=O) groups is 16. The highest BCUT2D eigenvalue weighted by Gasteiger charge is 2.86. The first kappa shape index (κ1) is 72.0. The Morgan fingerprint density at radius 3 is 0.479 bits per heavy atom. The zero-order chi connectivity index (χ0) is 83.6. The third-order valence-corrected chi connectivity index (χ3v) is 32.6. The van der Waals surface area contributed by atoms with Gasteiger partial charge in [0.2, 0.25) is 0 Å². The van der Waals surface area contributed by atoms with Crippen LogP contribution in [0.4, 0.5) is 76.7 Å². The van der Waals surface area contributed by atoms with Crippen LogP contribution in [0.1, 0.15) is 97.3 Å². The predicted octanol–water partition coefficient (Wildman–Crippen LogP) is -3.18. The second-order valence-electron chi connectivity index (χ2n) is 35.8. The Morgan fingerprint density at radius 2 is 0.339 bits per heavy atom. The van der Waals surface area contributed by atoms with Crippen LogP contribution in [0, 0.1) is 0 Å². The Kier molecular flexibility index (Phi) is 13.4. The molecule has 0 radical (unpaired) electrons. The summed E-state index contributed by atoms with van der Waals surface area (Å²) < 4.78 is 71.2. The molecule has 54 nitrogen and oxygen atoms in total. The van der Waals surface area contributed by atoms with Gasteiger partial charge < -0.3 is 0 Å². The van der Waals surface area contributed by atoms with E-state index in [1.165, 1.54) is 157 Å². The summed E-state index contributed by atoms with van der Waals surface area (Å²) in [5.74, 6) is -1.60. The van der Waals surface area contributed by atoms with Gasteiger partial charge in [-0.05, 0) is 64.2 Å². The van der Waals surface area contributed by atoms with E-state index >= 15 is 76.7 Å². The van der Waals surface area contributed by atoms with Crippen LogP contribution in [0.15, 0.2) is 0 Å². The molecule has 24 aliphatic rings. The summed E-state index contributed by atoms with van der Waals surface area (Å²) in [5, 5.41) is 0. The molecule has 32 amide bonds. The zero-order valence-electron chi connectivity index (χ0n) is 65.0. The van der Waals surface area contributed by atoms with E-state index in [4.69, 9.17) is 0 Å². The largest absolute Gasteiger partial charge is 0.326 e. The second kappa shape index (κ2) is 22.5. The van der Waals surface area contributed by atoms with Gasteiger partial charge in [0.25, 0.3) is 20.2 Å². The molecule has 0 spiro atoms. The van der Waals surface area contributed by atoms with E-state index in [9.17, 15) is 25.9 Å². The van der Waals surface area contributed by atoms with E-state index in [0.717, 1.165) is 0 Å². The maximum atomic E-state index is 17.0. The third kappa shape index (κ3) is 7.80. The first-order chi connectivity index (χ1) is 57.8. The molecular formula is C65H82N32O22S2. The molecule has 0 aromatic heterocycles. The molecule has 24 heterocycles. The van der Waals surface area contributed by atoms with Gasteiger partial charge in [-0.15, -0.1) is 0 Å². The highest BCUT2D eigenvalue weighted by molar-refractivity contribution is 7.86. The first-order valence-electron chi connectivity index (χ1n) is 41.0. The first-order valence-corrected chi connectivity index (χ1v) is 44.2. The second-order valence-corrected chi connectivity index (χ2v) is 38.9. The lowest BCUT2D eigenvalue weighted by Crippen LogP contribution is -2.73. The van der Waals surface area contributed by atoms with Gasteiger partial charge in [0, 0.05) is 0 Å². The number of hydrogen-bond acceptors (Lipinski definition) is 20. The normalized spacial score (nSPS) is 37.2. The quantitative estimate of drug-likeness (QED) is 0.107. The van der Waals surface area contributed by atoms with E-state index < -0.39 is 332 Å². The Labute approximate surface area is 685 Å². The van der Waals surface area contributed by atoms with Gasteiger partial charge in [0.15, 0.2) is 96.6 Å². The van der Waals surface area contributed by atoms with Crippen molar-refractivity contribution in [2.45, 2.75) is 194 Å². The van der Waals surface area contributed by atoms with Crippen LogP contribution in [-0.2, 0) is 20.2 Å². The van der Waals surface area contributed by atoms with Gasteiger partial charge in [-0.25, -0.2) is 76.7 Å². The molecular weight excluding hydrogens is 1650 g/mol. The van der Waals surface area contributed by atoms with Gasteiger partial charge in [0.05, 0.1) is 11.5 Å². The summed E-state index contributed by atoms with van der Waals surface area (Å²) >= 11 is 0. The minimum atomic E-state index is -4.68. The summed E-state index contributed by atoms with van der Waals surface area (Å²) in [6.07, 6.45) is -17.4. The van der Waals surface area contributed by atoms with Crippen molar-refractivity contribution in [2.75, 3.05) is 118 Å². The maximum absolute atomic E-state index is 17.0. The van der Waals surface area contributed by atoms with Gasteiger partial charge in [-0.1, -0.05) is 33.1 Å². The molecule has 56 heteroatoms.